The number of hydrogen-bond acceptors (Lipinski definition) is 10. The van der Waals surface area contributed by atoms with E-state index in [0.717, 1.165) is 9.80 Å². The van der Waals surface area contributed by atoms with Crippen LogP contribution in [0.25, 0.3) is 0 Å². The van der Waals surface area contributed by atoms with Crippen LogP contribution < -0.4 is 139 Å². The van der Waals surface area contributed by atoms with Gasteiger partial charge in [0.25, 0.3) is 0 Å². The molecule has 4 N–H and O–H groups in total. The third-order valence-corrected chi connectivity index (χ3v) is 2.14. The Balaban J connectivity index is -0.000000120. The van der Waals surface area contributed by atoms with Crippen LogP contribution in [-0.4, -0.2) is 83.9 Å². The van der Waals surface area contributed by atoms with E-state index in [-0.39, 0.29) is 142 Å². The predicted octanol–water partition coefficient (Wildman–Crippen LogP) is -21.0. The molecule has 12 nitrogen and oxygen atoms in total. The fraction of sp³-hybridized carbons (Fsp3) is 0.600. The molecule has 0 unspecified atom stereocenters. The molecule has 26 heavy (non-hydrogen) atoms. The molecule has 16 heteroatoms. The third kappa shape index (κ3) is 30.4. The molecule has 0 rings (SSSR count). The third-order valence-electron chi connectivity index (χ3n) is 2.14. The van der Waals surface area contributed by atoms with Crippen LogP contribution in [0.5, 0.6) is 0 Å². The molecule has 0 amide bonds. The molecule has 0 saturated carbocycles. The van der Waals surface area contributed by atoms with Gasteiger partial charge in [0.1, 0.15) is 0 Å². The van der Waals surface area contributed by atoms with Crippen molar-refractivity contribution in [2.24, 2.45) is 0 Å². The average molecular weight is 416 g/mol. The van der Waals surface area contributed by atoms with Crippen LogP contribution in [0.2, 0.25) is 0 Å². The van der Waals surface area contributed by atoms with E-state index in [1.165, 1.54) is 0 Å². The van der Waals surface area contributed by atoms with Crippen molar-refractivity contribution in [3.05, 3.63) is 0 Å². The molecule has 0 aromatic carbocycles. The van der Waals surface area contributed by atoms with Crippen molar-refractivity contribution in [2.45, 2.75) is 0 Å². The van der Waals surface area contributed by atoms with E-state index in [1.807, 2.05) is 0 Å². The Kier molecular flexibility index (Phi) is 47.4. The van der Waals surface area contributed by atoms with E-state index >= 15 is 0 Å². The Morgan fingerprint density at radius 1 is 0.500 bits per heavy atom. The molecule has 0 fully saturated rings. The zero-order valence-electron chi connectivity index (χ0n) is 15.4. The van der Waals surface area contributed by atoms with Crippen molar-refractivity contribution in [3.8, 4) is 0 Å². The zero-order valence-corrected chi connectivity index (χ0v) is 23.4. The van der Waals surface area contributed by atoms with Gasteiger partial charge in [-0.25, -0.2) is 0 Å². The SMILES string of the molecule is O.O.O=C([O-])CN(CCN(CC(=O)[O-])CC(=O)[O-])CC(=O)[O-].[Na+].[Na+].[Na+].[Na+]. The number of carboxylic acid groups (broad SMARTS) is 4. The predicted molar refractivity (Wildman–Crippen MR) is 60.1 cm³/mol. The molecular weight excluding hydrogens is 400 g/mol. The van der Waals surface area contributed by atoms with Gasteiger partial charge in [-0.15, -0.1) is 0 Å². The van der Waals surface area contributed by atoms with Crippen molar-refractivity contribution in [2.75, 3.05) is 39.3 Å². The maximum absolute atomic E-state index is 10.4. The molecule has 0 aliphatic carbocycles. The first kappa shape index (κ1) is 46.1. The van der Waals surface area contributed by atoms with Gasteiger partial charge in [0, 0.05) is 39.3 Å². The fourth-order valence-electron chi connectivity index (χ4n) is 1.44. The second-order valence-corrected chi connectivity index (χ2v) is 3.91. The zero-order chi connectivity index (χ0) is 15.7. The van der Waals surface area contributed by atoms with Crippen LogP contribution in [0, 0.1) is 0 Å². The summed E-state index contributed by atoms with van der Waals surface area (Å²) in [4.78, 5) is 43.4. The quantitative estimate of drug-likeness (QED) is 0.288. The minimum atomic E-state index is -1.53. The van der Waals surface area contributed by atoms with Gasteiger partial charge in [-0.1, -0.05) is 0 Å². The Bertz CT molecular complexity index is 334. The summed E-state index contributed by atoms with van der Waals surface area (Å²) in [5.74, 6) is -6.12. The van der Waals surface area contributed by atoms with Gasteiger partial charge in [0.2, 0.25) is 0 Å². The van der Waals surface area contributed by atoms with Crippen LogP contribution in [0.3, 0.4) is 0 Å². The fourth-order valence-corrected chi connectivity index (χ4v) is 1.44. The van der Waals surface area contributed by atoms with Crippen molar-refractivity contribution in [1.82, 2.24) is 9.80 Å². The van der Waals surface area contributed by atoms with E-state index in [0.29, 0.717) is 0 Å². The second kappa shape index (κ2) is 26.7. The van der Waals surface area contributed by atoms with Crippen LogP contribution in [0.4, 0.5) is 0 Å². The number of nitrogens with zero attached hydrogens (tertiary/aromatic N) is 2. The Morgan fingerprint density at radius 2 is 0.654 bits per heavy atom. The van der Waals surface area contributed by atoms with Crippen LogP contribution in [-0.2, 0) is 19.2 Å². The number of aliphatic carboxylic acids is 4. The van der Waals surface area contributed by atoms with Crippen LogP contribution in [0.15, 0.2) is 0 Å². The van der Waals surface area contributed by atoms with Gasteiger partial charge < -0.3 is 50.6 Å². The summed E-state index contributed by atoms with van der Waals surface area (Å²) < 4.78 is 0. The molecule has 0 aliphatic heterocycles. The summed E-state index contributed by atoms with van der Waals surface area (Å²) >= 11 is 0. The number of carboxylic acids is 4. The first-order valence-corrected chi connectivity index (χ1v) is 5.44. The van der Waals surface area contributed by atoms with Crippen LogP contribution >= 0.6 is 0 Å². The minimum Gasteiger partial charge on any atom is -0.549 e. The topological polar surface area (TPSA) is 230 Å². The summed E-state index contributed by atoms with van der Waals surface area (Å²) in [6, 6.07) is 0. The van der Waals surface area contributed by atoms with E-state index in [4.69, 9.17) is 0 Å². The summed E-state index contributed by atoms with van der Waals surface area (Å²) in [6.45, 7) is -3.25. The Hall–Kier alpha value is 1.72. The Morgan fingerprint density at radius 3 is 0.769 bits per heavy atom. The molecule has 0 aromatic rings. The van der Waals surface area contributed by atoms with E-state index in [1.54, 1.807) is 0 Å². The maximum atomic E-state index is 10.4. The van der Waals surface area contributed by atoms with Gasteiger partial charge in [-0.3, -0.25) is 9.80 Å². The number of hydrogen-bond donors (Lipinski definition) is 0. The average Bonchev–Trinajstić information content (AvgIpc) is 2.22. The molecule has 0 aromatic heterocycles. The van der Waals surface area contributed by atoms with Crippen LogP contribution in [0.1, 0.15) is 0 Å². The molecule has 0 atom stereocenters. The number of carbonyl (C=O) groups excluding carboxylic acids is 4. The molecule has 0 bridgehead atoms. The second-order valence-electron chi connectivity index (χ2n) is 3.91. The standard InChI is InChI=1S/C10H16N2O8.4Na.2H2O/c13-7(14)3-11(4-8(15)16)1-2-12(5-9(17)18)6-10(19)20;;;;;;/h1-6H2,(H,13,14)(H,15,16)(H,17,18)(H,19,20);;;;;2*1H2/q;4*+1;;/p-4. The molecule has 0 spiro atoms. The normalized spacial score (nSPS) is 8.23. The summed E-state index contributed by atoms with van der Waals surface area (Å²) in [5.41, 5.74) is 0. The summed E-state index contributed by atoms with van der Waals surface area (Å²) in [5, 5.41) is 41.6. The first-order valence-electron chi connectivity index (χ1n) is 5.44. The number of carbonyl (C=O) groups is 4. The van der Waals surface area contributed by atoms with Gasteiger partial charge >= 0.3 is 118 Å². The van der Waals surface area contributed by atoms with Gasteiger partial charge in [-0.05, 0) is 0 Å². The van der Waals surface area contributed by atoms with Crippen molar-refractivity contribution < 1.29 is 169 Å². The van der Waals surface area contributed by atoms with Gasteiger partial charge in [-0.2, -0.15) is 0 Å². The first-order chi connectivity index (χ1) is 9.20. The van der Waals surface area contributed by atoms with Crippen molar-refractivity contribution in [3.63, 3.8) is 0 Å². The smallest absolute Gasteiger partial charge is 0.549 e. The van der Waals surface area contributed by atoms with Crippen molar-refractivity contribution >= 4 is 23.9 Å². The van der Waals surface area contributed by atoms with Crippen molar-refractivity contribution in [1.29, 1.82) is 0 Å². The van der Waals surface area contributed by atoms with E-state index in [9.17, 15) is 39.6 Å². The van der Waals surface area contributed by atoms with E-state index < -0.39 is 50.1 Å². The monoisotopic (exact) mass is 416 g/mol. The Labute approximate surface area is 238 Å². The molecule has 130 valence electrons. The summed E-state index contributed by atoms with van der Waals surface area (Å²) in [7, 11) is 0. The molecular formula is C10H16N2Na4O10. The molecule has 0 radical (unpaired) electrons. The number of rotatable bonds is 11. The molecule has 0 saturated heterocycles. The van der Waals surface area contributed by atoms with Gasteiger partial charge in [0.15, 0.2) is 0 Å². The van der Waals surface area contributed by atoms with E-state index in [2.05, 4.69) is 0 Å². The minimum absolute atomic E-state index is 0. The molecule has 0 aliphatic rings. The molecule has 0 heterocycles. The summed E-state index contributed by atoms with van der Waals surface area (Å²) in [6.07, 6.45) is 0. The largest absolute Gasteiger partial charge is 1.00 e. The maximum Gasteiger partial charge on any atom is 1.00 e. The van der Waals surface area contributed by atoms with Gasteiger partial charge in [0.05, 0.1) is 23.9 Å².